The van der Waals surface area contributed by atoms with E-state index in [0.717, 1.165) is 0 Å². The molecule has 4 rings (SSSR count). The summed E-state index contributed by atoms with van der Waals surface area (Å²) in [6.07, 6.45) is 0.0246. The molecule has 1 aliphatic heterocycles. The highest BCUT2D eigenvalue weighted by atomic mass is 19.1. The third-order valence-electron chi connectivity index (χ3n) is 6.89. The fraction of sp³-hybridized carbons (Fsp3) is 0.355. The Balaban J connectivity index is 0.00000237. The maximum atomic E-state index is 14.8. The molecule has 0 aliphatic carbocycles. The predicted molar refractivity (Wildman–Crippen MR) is 161 cm³/mol. The van der Waals surface area contributed by atoms with E-state index in [1.165, 1.54) is 59.5 Å². The van der Waals surface area contributed by atoms with Gasteiger partial charge in [0, 0.05) is 45.5 Å². The quantitative estimate of drug-likeness (QED) is 0.394. The van der Waals surface area contributed by atoms with Gasteiger partial charge in [0.1, 0.15) is 17.2 Å². The van der Waals surface area contributed by atoms with Crippen molar-refractivity contribution in [3.05, 3.63) is 80.9 Å². The van der Waals surface area contributed by atoms with E-state index in [2.05, 4.69) is 5.32 Å². The van der Waals surface area contributed by atoms with Gasteiger partial charge in [-0.2, -0.15) is 0 Å². The number of aliphatic hydroxyl groups is 1. The van der Waals surface area contributed by atoms with Crippen molar-refractivity contribution < 1.29 is 23.9 Å². The fourth-order valence-electron chi connectivity index (χ4n) is 4.65. The zero-order valence-corrected chi connectivity index (χ0v) is 25.1. The molecular formula is C31H38FN5O5. The van der Waals surface area contributed by atoms with Crippen molar-refractivity contribution in [3.8, 4) is 0 Å². The number of hydrogen-bond donors (Lipinski definition) is 2. The zero-order chi connectivity index (χ0) is 31.3. The Bertz CT molecular complexity index is 1550. The van der Waals surface area contributed by atoms with Gasteiger partial charge in [0.25, 0.3) is 11.5 Å². The summed E-state index contributed by atoms with van der Waals surface area (Å²) < 4.78 is 16.0. The number of halogens is 1. The number of carbonyl (C=O) groups is 3. The summed E-state index contributed by atoms with van der Waals surface area (Å²) in [6, 6.07) is 11.2. The lowest BCUT2D eigenvalue weighted by Gasteiger charge is -2.36. The van der Waals surface area contributed by atoms with Crippen LogP contribution in [0.25, 0.3) is 0 Å². The molecule has 42 heavy (non-hydrogen) atoms. The molecule has 0 atom stereocenters. The summed E-state index contributed by atoms with van der Waals surface area (Å²) in [6.45, 7) is 7.81. The van der Waals surface area contributed by atoms with Gasteiger partial charge in [-0.25, -0.2) is 4.39 Å². The summed E-state index contributed by atoms with van der Waals surface area (Å²) in [7, 11) is 4.53. The average molecular weight is 580 g/mol. The highest BCUT2D eigenvalue weighted by Gasteiger charge is 2.31. The third-order valence-corrected chi connectivity index (χ3v) is 6.89. The summed E-state index contributed by atoms with van der Waals surface area (Å²) in [5.74, 6) is -1.24. The third kappa shape index (κ3) is 6.52. The van der Waals surface area contributed by atoms with Crippen LogP contribution in [0, 0.1) is 19.7 Å². The average Bonchev–Trinajstić information content (AvgIpc) is 2.94. The molecule has 3 amide bonds. The first-order valence-corrected chi connectivity index (χ1v) is 13.7. The van der Waals surface area contributed by atoms with Crippen LogP contribution in [0.2, 0.25) is 0 Å². The van der Waals surface area contributed by atoms with Crippen LogP contribution >= 0.6 is 0 Å². The van der Waals surface area contributed by atoms with E-state index in [-0.39, 0.29) is 53.7 Å². The van der Waals surface area contributed by atoms with Gasteiger partial charge >= 0.3 is 0 Å². The van der Waals surface area contributed by atoms with Gasteiger partial charge in [0.05, 0.1) is 23.9 Å². The number of aromatic nitrogens is 1. The summed E-state index contributed by atoms with van der Waals surface area (Å²) >= 11 is 0. The molecule has 224 valence electrons. The number of hydrogen-bond acceptors (Lipinski definition) is 6. The first-order valence-electron chi connectivity index (χ1n) is 13.7. The Hall–Kier alpha value is -4.51. The summed E-state index contributed by atoms with van der Waals surface area (Å²) in [5, 5.41) is 12.4. The van der Waals surface area contributed by atoms with Gasteiger partial charge in [-0.3, -0.25) is 28.6 Å². The van der Waals surface area contributed by atoms with E-state index in [0.29, 0.717) is 23.2 Å². The Morgan fingerprint density at radius 3 is 2.36 bits per heavy atom. The van der Waals surface area contributed by atoms with Crippen molar-refractivity contribution in [2.24, 2.45) is 7.05 Å². The Morgan fingerprint density at radius 1 is 1.12 bits per heavy atom. The number of aryl methyl sites for hydroxylation is 1. The fourth-order valence-corrected chi connectivity index (χ4v) is 4.65. The van der Waals surface area contributed by atoms with Gasteiger partial charge < -0.3 is 20.2 Å². The van der Waals surface area contributed by atoms with Gasteiger partial charge in [-0.05, 0) is 49.2 Å². The highest BCUT2D eigenvalue weighted by molar-refractivity contribution is 6.08. The highest BCUT2D eigenvalue weighted by Crippen LogP contribution is 2.36. The smallest absolute Gasteiger partial charge is 0.259 e. The summed E-state index contributed by atoms with van der Waals surface area (Å²) in [5.41, 5.74) is 1.37. The van der Waals surface area contributed by atoms with E-state index in [9.17, 15) is 28.7 Å². The van der Waals surface area contributed by atoms with Crippen molar-refractivity contribution in [1.29, 1.82) is 0 Å². The van der Waals surface area contributed by atoms with Crippen molar-refractivity contribution in [2.75, 3.05) is 37.4 Å². The van der Waals surface area contributed by atoms with Crippen LogP contribution in [0.15, 0.2) is 47.3 Å². The van der Waals surface area contributed by atoms with Crippen molar-refractivity contribution in [2.45, 2.75) is 40.2 Å². The number of anilines is 4. The predicted octanol–water partition coefficient (Wildman–Crippen LogP) is 3.65. The van der Waals surface area contributed by atoms with Gasteiger partial charge in [0.15, 0.2) is 0 Å². The Morgan fingerprint density at radius 2 is 1.79 bits per heavy atom. The Labute approximate surface area is 245 Å². The molecule has 2 aromatic carbocycles. The largest absolute Gasteiger partial charge is 0.389 e. The minimum atomic E-state index is -0.572. The lowest BCUT2D eigenvalue weighted by molar-refractivity contribution is -0.140. The number of aliphatic hydroxyl groups excluding tert-OH is 1. The molecule has 0 spiro atoms. The molecular weight excluding hydrogens is 541 g/mol. The second-order valence-electron chi connectivity index (χ2n) is 10.1. The molecule has 10 nitrogen and oxygen atoms in total. The first kappa shape index (κ1) is 32.0. The van der Waals surface area contributed by atoms with E-state index in [4.69, 9.17) is 0 Å². The molecule has 11 heteroatoms. The molecule has 0 radical (unpaired) electrons. The topological polar surface area (TPSA) is 115 Å². The van der Waals surface area contributed by atoms with Crippen LogP contribution in [0.1, 0.15) is 40.9 Å². The number of rotatable bonds is 8. The maximum absolute atomic E-state index is 14.8. The van der Waals surface area contributed by atoms with Crippen LogP contribution in [-0.2, 0) is 23.1 Å². The molecule has 2 N–H and O–H groups in total. The molecule has 0 saturated carbocycles. The van der Waals surface area contributed by atoms with Crippen molar-refractivity contribution >= 4 is 41.1 Å². The minimum absolute atomic E-state index is 0.00674. The summed E-state index contributed by atoms with van der Waals surface area (Å²) in [4.78, 5) is 56.2. The van der Waals surface area contributed by atoms with Crippen LogP contribution < -0.4 is 15.8 Å². The normalized spacial score (nSPS) is 12.5. The molecule has 2 heterocycles. The first-order chi connectivity index (χ1) is 19.9. The molecule has 0 bridgehead atoms. The standard InChI is InChI=1S/C29H32FN5O5.C2H6/c1-17-9-10-23(22(30)11-17)31-27-25(29(40)32(3)4)26(18(2)28(39)33(27)5)35(16-36)20-8-6-7-19(12-20)13-24(38)34-14-21(37)15-34;1-2/h6-12,16,21,31,37H,13-15H2,1-5H3;1-2H3. The van der Waals surface area contributed by atoms with Crippen LogP contribution in [0.3, 0.4) is 0 Å². The van der Waals surface area contributed by atoms with Crippen LogP contribution in [0.4, 0.5) is 27.3 Å². The van der Waals surface area contributed by atoms with Crippen molar-refractivity contribution in [1.82, 2.24) is 14.4 Å². The molecule has 1 fully saturated rings. The molecule has 1 aromatic heterocycles. The van der Waals surface area contributed by atoms with Gasteiger partial charge in [0.2, 0.25) is 12.3 Å². The number of likely N-dealkylation sites (tertiary alicyclic amines) is 1. The molecule has 3 aromatic rings. The monoisotopic (exact) mass is 579 g/mol. The SMILES string of the molecule is CC.Cc1ccc(Nc2c(C(=O)N(C)C)c(N(C=O)c3cccc(CC(=O)N4CC(O)C4)c3)c(C)c(=O)n2C)c(F)c1. The van der Waals surface area contributed by atoms with Crippen LogP contribution in [0.5, 0.6) is 0 Å². The van der Waals surface area contributed by atoms with E-state index in [1.807, 2.05) is 13.8 Å². The maximum Gasteiger partial charge on any atom is 0.259 e. The van der Waals surface area contributed by atoms with Gasteiger partial charge in [-0.15, -0.1) is 0 Å². The molecule has 0 unspecified atom stereocenters. The minimum Gasteiger partial charge on any atom is -0.389 e. The number of amides is 3. The second-order valence-corrected chi connectivity index (χ2v) is 10.1. The lowest BCUT2D eigenvalue weighted by atomic mass is 10.0. The van der Waals surface area contributed by atoms with Crippen molar-refractivity contribution in [3.63, 3.8) is 0 Å². The van der Waals surface area contributed by atoms with E-state index >= 15 is 0 Å². The lowest BCUT2D eigenvalue weighted by Crippen LogP contribution is -2.53. The number of carbonyl (C=O) groups excluding carboxylic acids is 3. The number of nitrogens with one attached hydrogen (secondary N) is 1. The van der Waals surface area contributed by atoms with Crippen LogP contribution in [-0.4, -0.2) is 71.0 Å². The second kappa shape index (κ2) is 13.4. The number of benzene rings is 2. The molecule has 1 saturated heterocycles. The number of β-amino-alcohol motifs (C(OH)–C–C–N with tert-alkyl or cyclic N) is 1. The van der Waals surface area contributed by atoms with E-state index in [1.54, 1.807) is 37.3 Å². The van der Waals surface area contributed by atoms with Gasteiger partial charge in [-0.1, -0.05) is 32.0 Å². The molecule has 1 aliphatic rings. The number of pyridine rings is 1. The van der Waals surface area contributed by atoms with E-state index < -0.39 is 23.4 Å². The number of nitrogens with zero attached hydrogens (tertiary/aromatic N) is 4. The Kier molecular flexibility index (Phi) is 10.2. The zero-order valence-electron chi connectivity index (χ0n) is 25.1.